The van der Waals surface area contributed by atoms with Crippen molar-refractivity contribution in [2.24, 2.45) is 5.41 Å². The number of hydrogen-bond donors (Lipinski definition) is 2. The Balaban J connectivity index is 1.84. The van der Waals surface area contributed by atoms with Gasteiger partial charge in [-0.1, -0.05) is 6.07 Å². The first-order valence-electron chi connectivity index (χ1n) is 11.5. The molecule has 0 saturated carbocycles. The number of nitrogens with one attached hydrogen (secondary N) is 2. The molecule has 11 heteroatoms. The minimum atomic E-state index is -4.61. The predicted octanol–water partition coefficient (Wildman–Crippen LogP) is 1.96. The molecule has 1 aromatic carbocycles. The Bertz CT molecular complexity index is 991. The van der Waals surface area contributed by atoms with Gasteiger partial charge >= 0.3 is 6.18 Å². The smallest absolute Gasteiger partial charge is 0.379 e. The van der Waals surface area contributed by atoms with Gasteiger partial charge in [0.05, 0.1) is 30.2 Å². The maximum Gasteiger partial charge on any atom is 0.416 e. The van der Waals surface area contributed by atoms with Gasteiger partial charge in [0.15, 0.2) is 0 Å². The molecule has 0 aliphatic carbocycles. The van der Waals surface area contributed by atoms with Gasteiger partial charge in [-0.15, -0.1) is 0 Å². The molecule has 2 aliphatic rings. The number of carbonyl (C=O) groups excluding carboxylic acids is 3. The van der Waals surface area contributed by atoms with Crippen molar-refractivity contribution in [2.45, 2.75) is 32.5 Å². The fraction of sp³-hybridized carbons (Fsp3) is 0.542. The highest BCUT2D eigenvalue weighted by molar-refractivity contribution is 6.25. The summed E-state index contributed by atoms with van der Waals surface area (Å²) in [6.07, 6.45) is -2.65. The van der Waals surface area contributed by atoms with Crippen molar-refractivity contribution in [2.75, 3.05) is 51.3 Å². The highest BCUT2D eigenvalue weighted by Crippen LogP contribution is 2.39. The maximum absolute atomic E-state index is 13.4. The Morgan fingerprint density at radius 1 is 1.23 bits per heavy atom. The van der Waals surface area contributed by atoms with Crippen molar-refractivity contribution in [1.82, 2.24) is 15.5 Å². The van der Waals surface area contributed by atoms with Crippen molar-refractivity contribution < 1.29 is 32.3 Å². The van der Waals surface area contributed by atoms with Crippen LogP contribution in [0.25, 0.3) is 0 Å². The number of alkyl halides is 3. The summed E-state index contributed by atoms with van der Waals surface area (Å²) in [4.78, 5) is 42.5. The van der Waals surface area contributed by atoms with Crippen molar-refractivity contribution in [1.29, 1.82) is 0 Å². The molecule has 8 nitrogen and oxygen atoms in total. The van der Waals surface area contributed by atoms with Crippen molar-refractivity contribution in [3.63, 3.8) is 0 Å². The van der Waals surface area contributed by atoms with Gasteiger partial charge in [0, 0.05) is 32.4 Å². The molecule has 1 aromatic rings. The number of amides is 3. The molecule has 1 saturated heterocycles. The minimum absolute atomic E-state index is 0.0434. The normalized spacial score (nSPS) is 23.6. The Labute approximate surface area is 202 Å². The second kappa shape index (κ2) is 10.8. The van der Waals surface area contributed by atoms with Crippen LogP contribution in [0, 0.1) is 5.41 Å². The number of nitrogens with zero attached hydrogens (tertiary/aromatic N) is 2. The SMILES string of the molecule is CNC(=O)C1(C)C=C(C(=O)NCCCN2CCOCC2)C(=O)N(c2cccc(C(F)(F)F)c2)C1C. The summed E-state index contributed by atoms with van der Waals surface area (Å²) in [5.74, 6) is -1.90. The Hall–Kier alpha value is -2.92. The molecule has 0 radical (unpaired) electrons. The first kappa shape index (κ1) is 26.7. The van der Waals surface area contributed by atoms with E-state index in [0.29, 0.717) is 26.2 Å². The average Bonchev–Trinajstić information content (AvgIpc) is 2.84. The molecule has 2 atom stereocenters. The fourth-order valence-electron chi connectivity index (χ4n) is 4.34. The van der Waals surface area contributed by atoms with Gasteiger partial charge in [-0.2, -0.15) is 13.2 Å². The molecular formula is C24H31F3N4O4. The third-order valence-corrected chi connectivity index (χ3v) is 6.60. The van der Waals surface area contributed by atoms with Crippen LogP contribution in [0.4, 0.5) is 18.9 Å². The molecule has 3 amide bonds. The molecule has 2 heterocycles. The fourth-order valence-corrected chi connectivity index (χ4v) is 4.34. The van der Waals surface area contributed by atoms with Crippen molar-refractivity contribution in [3.05, 3.63) is 41.5 Å². The molecule has 3 rings (SSSR count). The molecule has 2 N–H and O–H groups in total. The number of halogens is 3. The number of ether oxygens (including phenoxy) is 1. The van der Waals surface area contributed by atoms with Gasteiger partial charge in [0.25, 0.3) is 11.8 Å². The van der Waals surface area contributed by atoms with E-state index in [9.17, 15) is 27.6 Å². The van der Waals surface area contributed by atoms with E-state index in [1.54, 1.807) is 13.8 Å². The van der Waals surface area contributed by atoms with Gasteiger partial charge in [-0.3, -0.25) is 19.3 Å². The van der Waals surface area contributed by atoms with Crippen LogP contribution in [0.15, 0.2) is 35.9 Å². The van der Waals surface area contributed by atoms with Crippen LogP contribution in [0.2, 0.25) is 0 Å². The first-order chi connectivity index (χ1) is 16.5. The van der Waals surface area contributed by atoms with E-state index in [1.165, 1.54) is 25.3 Å². The van der Waals surface area contributed by atoms with E-state index in [2.05, 4.69) is 15.5 Å². The number of hydrogen-bond acceptors (Lipinski definition) is 5. The standard InChI is InChI=1S/C24H31F3N4O4/c1-16-23(2,22(34)28-3)15-19(20(32)29-8-5-9-30-10-12-35-13-11-30)21(33)31(16)18-7-4-6-17(14-18)24(25,26)27/h4,6-7,14-16H,5,8-13H2,1-3H3,(H,28,34)(H,29,32). The lowest BCUT2D eigenvalue weighted by Crippen LogP contribution is -2.58. The van der Waals surface area contributed by atoms with Crippen LogP contribution in [0.1, 0.15) is 25.8 Å². The predicted molar refractivity (Wildman–Crippen MR) is 124 cm³/mol. The molecule has 35 heavy (non-hydrogen) atoms. The van der Waals surface area contributed by atoms with Gasteiger partial charge in [-0.25, -0.2) is 0 Å². The van der Waals surface area contributed by atoms with Crippen LogP contribution < -0.4 is 15.5 Å². The molecule has 2 unspecified atom stereocenters. The van der Waals surface area contributed by atoms with Gasteiger partial charge in [-0.05, 0) is 51.1 Å². The number of benzene rings is 1. The third kappa shape index (κ3) is 5.84. The average molecular weight is 497 g/mol. The Morgan fingerprint density at radius 2 is 1.91 bits per heavy atom. The summed E-state index contributed by atoms with van der Waals surface area (Å²) in [6.45, 7) is 7.12. The lowest BCUT2D eigenvalue weighted by molar-refractivity contribution is -0.138. The van der Waals surface area contributed by atoms with Crippen LogP contribution in [0.3, 0.4) is 0 Å². The Kier molecular flexibility index (Phi) is 8.22. The van der Waals surface area contributed by atoms with E-state index in [1.807, 2.05) is 0 Å². The highest BCUT2D eigenvalue weighted by Gasteiger charge is 2.48. The topological polar surface area (TPSA) is 91.0 Å². The van der Waals surface area contributed by atoms with E-state index >= 15 is 0 Å². The monoisotopic (exact) mass is 496 g/mol. The van der Waals surface area contributed by atoms with Crippen LogP contribution in [0.5, 0.6) is 0 Å². The molecule has 1 fully saturated rings. The van der Waals surface area contributed by atoms with Gasteiger partial charge < -0.3 is 20.3 Å². The zero-order valence-electron chi connectivity index (χ0n) is 20.1. The number of morpholine rings is 1. The summed E-state index contributed by atoms with van der Waals surface area (Å²) in [7, 11) is 1.42. The van der Waals surface area contributed by atoms with Crippen molar-refractivity contribution in [3.8, 4) is 0 Å². The quantitative estimate of drug-likeness (QED) is 0.445. The van der Waals surface area contributed by atoms with Crippen LogP contribution in [-0.2, 0) is 25.3 Å². The zero-order valence-corrected chi connectivity index (χ0v) is 20.1. The maximum atomic E-state index is 13.4. The molecule has 2 aliphatic heterocycles. The third-order valence-electron chi connectivity index (χ3n) is 6.60. The number of rotatable bonds is 7. The molecule has 0 spiro atoms. The Morgan fingerprint density at radius 3 is 2.54 bits per heavy atom. The van der Waals surface area contributed by atoms with E-state index < -0.39 is 40.9 Å². The summed E-state index contributed by atoms with van der Waals surface area (Å²) in [5.41, 5.74) is -2.60. The summed E-state index contributed by atoms with van der Waals surface area (Å²) in [6, 6.07) is 3.45. The van der Waals surface area contributed by atoms with E-state index in [0.717, 1.165) is 36.7 Å². The zero-order chi connectivity index (χ0) is 25.8. The molecule has 0 bridgehead atoms. The molecule has 192 valence electrons. The summed E-state index contributed by atoms with van der Waals surface area (Å²) in [5, 5.41) is 5.24. The van der Waals surface area contributed by atoms with Gasteiger partial charge in [0.2, 0.25) is 5.91 Å². The summed E-state index contributed by atoms with van der Waals surface area (Å²) >= 11 is 0. The lowest BCUT2D eigenvalue weighted by atomic mass is 9.76. The molecule has 0 aromatic heterocycles. The minimum Gasteiger partial charge on any atom is -0.379 e. The molecular weight excluding hydrogens is 465 g/mol. The first-order valence-corrected chi connectivity index (χ1v) is 11.5. The van der Waals surface area contributed by atoms with Gasteiger partial charge in [0.1, 0.15) is 5.57 Å². The van der Waals surface area contributed by atoms with E-state index in [4.69, 9.17) is 4.74 Å². The summed E-state index contributed by atoms with van der Waals surface area (Å²) < 4.78 is 45.3. The lowest BCUT2D eigenvalue weighted by Gasteiger charge is -2.43. The van der Waals surface area contributed by atoms with Crippen molar-refractivity contribution >= 4 is 23.4 Å². The number of anilines is 1. The number of carbonyl (C=O) groups is 3. The van der Waals surface area contributed by atoms with Crippen LogP contribution >= 0.6 is 0 Å². The highest BCUT2D eigenvalue weighted by atomic mass is 19.4. The second-order valence-electron chi connectivity index (χ2n) is 8.88. The van der Waals surface area contributed by atoms with Crippen LogP contribution in [-0.4, -0.2) is 75.1 Å². The largest absolute Gasteiger partial charge is 0.416 e. The van der Waals surface area contributed by atoms with E-state index in [-0.39, 0.29) is 11.3 Å². The second-order valence-corrected chi connectivity index (χ2v) is 8.88.